The summed E-state index contributed by atoms with van der Waals surface area (Å²) in [6.45, 7) is 4.43. The molecule has 0 N–H and O–H groups in total. The molecule has 0 spiro atoms. The first-order chi connectivity index (χ1) is 10.6. The van der Waals surface area contributed by atoms with Gasteiger partial charge in [-0.25, -0.2) is 22.0 Å². The molecule has 0 aliphatic heterocycles. The molecule has 0 aromatic heterocycles. The van der Waals surface area contributed by atoms with Gasteiger partial charge in [-0.15, -0.1) is 0 Å². The van der Waals surface area contributed by atoms with Crippen molar-refractivity contribution in [1.82, 2.24) is 0 Å². The zero-order valence-electron chi connectivity index (χ0n) is 13.2. The van der Waals surface area contributed by atoms with E-state index >= 15 is 0 Å². The summed E-state index contributed by atoms with van der Waals surface area (Å²) in [4.78, 5) is 11.8. The summed E-state index contributed by atoms with van der Waals surface area (Å²) in [7, 11) is -3.63. The molecule has 0 unspecified atom stereocenters. The van der Waals surface area contributed by atoms with E-state index < -0.39 is 48.6 Å². The number of hydrogen-bond donors (Lipinski definition) is 0. The van der Waals surface area contributed by atoms with E-state index in [4.69, 9.17) is 4.43 Å². The van der Waals surface area contributed by atoms with Gasteiger partial charge in [0.1, 0.15) is 0 Å². The molecule has 1 aromatic carbocycles. The standard InChI is InChI=1S/C15H19F5O2Si/c1-4-5-6-7-8-9(21)22-23(2,3)15-13(19)11(17)10(16)12(18)14(15)20/h4-8H2,1-3H3. The number of benzene rings is 1. The fraction of sp³-hybridized carbons (Fsp3) is 0.533. The highest BCUT2D eigenvalue weighted by molar-refractivity contribution is 6.85. The van der Waals surface area contributed by atoms with E-state index in [1.54, 1.807) is 0 Å². The summed E-state index contributed by atoms with van der Waals surface area (Å²) < 4.78 is 72.4. The second kappa shape index (κ2) is 7.90. The zero-order valence-corrected chi connectivity index (χ0v) is 14.2. The third kappa shape index (κ3) is 4.52. The predicted molar refractivity (Wildman–Crippen MR) is 78.2 cm³/mol. The number of rotatable bonds is 7. The lowest BCUT2D eigenvalue weighted by Crippen LogP contribution is -2.51. The lowest BCUT2D eigenvalue weighted by Gasteiger charge is -2.24. The van der Waals surface area contributed by atoms with Crippen molar-refractivity contribution in [2.45, 2.75) is 52.1 Å². The topological polar surface area (TPSA) is 26.3 Å². The number of hydrogen-bond acceptors (Lipinski definition) is 2. The number of halogens is 5. The maximum absolute atomic E-state index is 13.8. The molecule has 0 radical (unpaired) electrons. The molecule has 1 rings (SSSR count). The van der Waals surface area contributed by atoms with Gasteiger partial charge in [0.05, 0.1) is 5.19 Å². The van der Waals surface area contributed by atoms with Crippen LogP contribution in [0.3, 0.4) is 0 Å². The Morgan fingerprint density at radius 2 is 1.35 bits per heavy atom. The van der Waals surface area contributed by atoms with Crippen LogP contribution in [0.5, 0.6) is 0 Å². The first-order valence-corrected chi connectivity index (χ1v) is 10.3. The van der Waals surface area contributed by atoms with Crippen LogP contribution in [0.4, 0.5) is 22.0 Å². The molecular weight excluding hydrogens is 335 g/mol. The maximum atomic E-state index is 13.8. The Balaban J connectivity index is 2.99. The molecule has 0 heterocycles. The van der Waals surface area contributed by atoms with Crippen molar-refractivity contribution in [2.75, 3.05) is 0 Å². The zero-order chi connectivity index (χ0) is 17.8. The number of carbonyl (C=O) groups is 1. The monoisotopic (exact) mass is 354 g/mol. The van der Waals surface area contributed by atoms with Gasteiger partial charge in [-0.05, 0) is 19.5 Å². The molecule has 130 valence electrons. The van der Waals surface area contributed by atoms with Crippen molar-refractivity contribution in [2.24, 2.45) is 0 Å². The Morgan fingerprint density at radius 3 is 1.83 bits per heavy atom. The van der Waals surface area contributed by atoms with Gasteiger partial charge in [-0.1, -0.05) is 26.2 Å². The average molecular weight is 354 g/mol. The Bertz CT molecular complexity index is 561. The van der Waals surface area contributed by atoms with Crippen molar-refractivity contribution in [3.05, 3.63) is 29.1 Å². The van der Waals surface area contributed by atoms with Gasteiger partial charge in [0.15, 0.2) is 23.3 Å². The van der Waals surface area contributed by atoms with Crippen molar-refractivity contribution < 1.29 is 31.2 Å². The van der Waals surface area contributed by atoms with Gasteiger partial charge >= 0.3 is 0 Å². The Kier molecular flexibility index (Phi) is 6.73. The van der Waals surface area contributed by atoms with Gasteiger partial charge in [0.2, 0.25) is 5.82 Å². The van der Waals surface area contributed by atoms with Crippen LogP contribution in [0, 0.1) is 29.1 Å². The summed E-state index contributed by atoms with van der Waals surface area (Å²) in [5, 5.41) is -1.02. The van der Waals surface area contributed by atoms with Gasteiger partial charge in [-0.2, -0.15) is 0 Å². The predicted octanol–water partition coefficient (Wildman–Crippen LogP) is 4.31. The minimum Gasteiger partial charge on any atom is -0.515 e. The molecule has 0 fully saturated rings. The van der Waals surface area contributed by atoms with E-state index in [1.165, 1.54) is 13.1 Å². The molecule has 0 saturated carbocycles. The molecule has 0 bridgehead atoms. The minimum absolute atomic E-state index is 0.0474. The summed E-state index contributed by atoms with van der Waals surface area (Å²) in [6, 6.07) is 0. The van der Waals surface area contributed by atoms with Crippen molar-refractivity contribution in [1.29, 1.82) is 0 Å². The average Bonchev–Trinajstić information content (AvgIpc) is 2.47. The number of carbonyl (C=O) groups excluding carboxylic acids is 1. The third-order valence-electron chi connectivity index (χ3n) is 3.42. The summed E-state index contributed by atoms with van der Waals surface area (Å²) in [5.74, 6) is -10.8. The lowest BCUT2D eigenvalue weighted by atomic mass is 10.2. The Labute approximate surface area is 132 Å². The van der Waals surface area contributed by atoms with Gasteiger partial charge in [0, 0.05) is 6.42 Å². The van der Waals surface area contributed by atoms with E-state index in [0.717, 1.165) is 19.3 Å². The molecule has 8 heteroatoms. The summed E-state index contributed by atoms with van der Waals surface area (Å²) >= 11 is 0. The molecule has 23 heavy (non-hydrogen) atoms. The maximum Gasteiger partial charge on any atom is 0.292 e. The van der Waals surface area contributed by atoms with Crippen LogP contribution in [0.15, 0.2) is 0 Å². The van der Waals surface area contributed by atoms with E-state index in [0.29, 0.717) is 6.42 Å². The van der Waals surface area contributed by atoms with Gasteiger partial charge in [0.25, 0.3) is 14.3 Å². The highest BCUT2D eigenvalue weighted by Gasteiger charge is 2.40. The molecule has 2 nitrogen and oxygen atoms in total. The van der Waals surface area contributed by atoms with Crippen LogP contribution >= 0.6 is 0 Å². The van der Waals surface area contributed by atoms with Crippen LogP contribution in [-0.4, -0.2) is 14.3 Å². The first kappa shape index (κ1) is 19.6. The molecule has 0 atom stereocenters. The first-order valence-electron chi connectivity index (χ1n) is 7.37. The SMILES string of the molecule is CCCCCCC(=O)O[Si](C)(C)c1c(F)c(F)c(F)c(F)c1F. The van der Waals surface area contributed by atoms with Gasteiger partial charge < -0.3 is 4.43 Å². The van der Waals surface area contributed by atoms with E-state index in [2.05, 4.69) is 0 Å². The minimum atomic E-state index is -3.63. The second-order valence-electron chi connectivity index (χ2n) is 5.74. The van der Waals surface area contributed by atoms with Crippen molar-refractivity contribution in [3.63, 3.8) is 0 Å². The highest BCUT2D eigenvalue weighted by Crippen LogP contribution is 2.21. The highest BCUT2D eigenvalue weighted by atomic mass is 28.4. The lowest BCUT2D eigenvalue weighted by molar-refractivity contribution is -0.135. The molecule has 0 aliphatic rings. The van der Waals surface area contributed by atoms with Crippen LogP contribution in [-0.2, 0) is 9.22 Å². The third-order valence-corrected chi connectivity index (χ3v) is 5.80. The van der Waals surface area contributed by atoms with Crippen LogP contribution < -0.4 is 5.19 Å². The normalized spacial score (nSPS) is 11.7. The van der Waals surface area contributed by atoms with E-state index in [9.17, 15) is 26.7 Å². The fourth-order valence-electron chi connectivity index (χ4n) is 2.22. The fourth-order valence-corrected chi connectivity index (χ4v) is 4.27. The smallest absolute Gasteiger partial charge is 0.292 e. The molecule has 0 aliphatic carbocycles. The van der Waals surface area contributed by atoms with E-state index in [1.807, 2.05) is 6.92 Å². The van der Waals surface area contributed by atoms with Gasteiger partial charge in [-0.3, -0.25) is 4.79 Å². The van der Waals surface area contributed by atoms with Crippen molar-refractivity contribution >= 4 is 19.5 Å². The summed E-state index contributed by atoms with van der Waals surface area (Å²) in [5.41, 5.74) is 0. The van der Waals surface area contributed by atoms with Crippen LogP contribution in [0.2, 0.25) is 13.1 Å². The summed E-state index contributed by atoms with van der Waals surface area (Å²) in [6.07, 6.45) is 3.31. The quantitative estimate of drug-likeness (QED) is 0.240. The molecular formula is C15H19F5O2Si. The Morgan fingerprint density at radius 1 is 0.870 bits per heavy atom. The molecule has 0 saturated heterocycles. The van der Waals surface area contributed by atoms with Crippen LogP contribution in [0.25, 0.3) is 0 Å². The van der Waals surface area contributed by atoms with Crippen molar-refractivity contribution in [3.8, 4) is 0 Å². The molecule has 0 amide bonds. The Hall–Kier alpha value is -1.44. The second-order valence-corrected chi connectivity index (χ2v) is 9.46. The molecule has 1 aromatic rings. The van der Waals surface area contributed by atoms with E-state index in [-0.39, 0.29) is 6.42 Å². The van der Waals surface area contributed by atoms with Crippen LogP contribution in [0.1, 0.15) is 39.0 Å². The largest absolute Gasteiger partial charge is 0.515 e. The number of unbranched alkanes of at least 4 members (excludes halogenated alkanes) is 3.